The molecule has 3 heteroatoms. The summed E-state index contributed by atoms with van der Waals surface area (Å²) in [7, 11) is 0. The summed E-state index contributed by atoms with van der Waals surface area (Å²) in [5, 5.41) is 0. The van der Waals surface area contributed by atoms with Crippen LogP contribution in [0.1, 0.15) is 17.5 Å². The van der Waals surface area contributed by atoms with Crippen molar-refractivity contribution in [3.05, 3.63) is 35.4 Å². The van der Waals surface area contributed by atoms with Crippen molar-refractivity contribution in [1.82, 2.24) is 4.90 Å². The van der Waals surface area contributed by atoms with Gasteiger partial charge >= 0.3 is 0 Å². The predicted molar refractivity (Wildman–Crippen MR) is 62.0 cm³/mol. The topological polar surface area (TPSA) is 29.5 Å². The quantitative estimate of drug-likeness (QED) is 0.758. The van der Waals surface area contributed by atoms with Crippen molar-refractivity contribution in [3.63, 3.8) is 0 Å². The second kappa shape index (κ2) is 5.12. The molecule has 1 aliphatic heterocycles. The van der Waals surface area contributed by atoms with Gasteiger partial charge in [-0.3, -0.25) is 4.79 Å². The summed E-state index contributed by atoms with van der Waals surface area (Å²) < 4.78 is 5.28. The summed E-state index contributed by atoms with van der Waals surface area (Å²) in [4.78, 5) is 13.8. The first-order valence-electron chi connectivity index (χ1n) is 5.67. The van der Waals surface area contributed by atoms with E-state index in [1.807, 2.05) is 31.2 Å². The molecule has 1 fully saturated rings. The summed E-state index contributed by atoms with van der Waals surface area (Å²) in [6.45, 7) is 4.08. The number of hydrogen-bond donors (Lipinski definition) is 0. The van der Waals surface area contributed by atoms with Gasteiger partial charge in [0.1, 0.15) is 6.73 Å². The van der Waals surface area contributed by atoms with Crippen molar-refractivity contribution in [2.24, 2.45) is 0 Å². The normalized spacial score (nSPS) is 16.2. The van der Waals surface area contributed by atoms with E-state index in [1.165, 1.54) is 5.56 Å². The first kappa shape index (κ1) is 11.1. The highest BCUT2D eigenvalue weighted by Gasteiger charge is 2.17. The molecule has 0 unspecified atom stereocenters. The molecule has 1 amide bonds. The van der Waals surface area contributed by atoms with Crippen LogP contribution >= 0.6 is 0 Å². The molecule has 1 heterocycles. The van der Waals surface area contributed by atoms with Crippen LogP contribution < -0.4 is 0 Å². The van der Waals surface area contributed by atoms with Gasteiger partial charge in [0, 0.05) is 6.54 Å². The summed E-state index contributed by atoms with van der Waals surface area (Å²) in [5.41, 5.74) is 2.28. The zero-order chi connectivity index (χ0) is 11.4. The monoisotopic (exact) mass is 219 g/mol. The highest BCUT2D eigenvalue weighted by molar-refractivity contribution is 5.79. The number of ether oxygens (including phenoxy) is 1. The standard InChI is InChI=1S/C13H17NO2/c1-11-5-2-3-6-12(11)9-13(15)14-7-4-8-16-10-14/h2-3,5-6H,4,7-10H2,1H3. The van der Waals surface area contributed by atoms with E-state index in [9.17, 15) is 4.79 Å². The third kappa shape index (κ3) is 2.61. The van der Waals surface area contributed by atoms with Gasteiger partial charge in [-0.1, -0.05) is 24.3 Å². The van der Waals surface area contributed by atoms with Gasteiger partial charge in [0.05, 0.1) is 13.0 Å². The van der Waals surface area contributed by atoms with Crippen molar-refractivity contribution in [2.45, 2.75) is 19.8 Å². The summed E-state index contributed by atoms with van der Waals surface area (Å²) in [5.74, 6) is 0.161. The lowest BCUT2D eigenvalue weighted by molar-refractivity contribution is -0.139. The van der Waals surface area contributed by atoms with E-state index in [2.05, 4.69) is 0 Å². The van der Waals surface area contributed by atoms with Crippen molar-refractivity contribution in [1.29, 1.82) is 0 Å². The lowest BCUT2D eigenvalue weighted by Gasteiger charge is -2.26. The van der Waals surface area contributed by atoms with E-state index in [4.69, 9.17) is 4.74 Å². The first-order chi connectivity index (χ1) is 7.77. The molecule has 1 saturated heterocycles. The SMILES string of the molecule is Cc1ccccc1CC(=O)N1CCCOC1. The molecule has 0 aliphatic carbocycles. The van der Waals surface area contributed by atoms with Crippen molar-refractivity contribution < 1.29 is 9.53 Å². The average Bonchev–Trinajstić information content (AvgIpc) is 2.33. The largest absolute Gasteiger partial charge is 0.361 e. The molecule has 2 rings (SSSR count). The minimum Gasteiger partial charge on any atom is -0.361 e. The van der Waals surface area contributed by atoms with Crippen LogP contribution in [0.5, 0.6) is 0 Å². The average molecular weight is 219 g/mol. The minimum absolute atomic E-state index is 0.161. The van der Waals surface area contributed by atoms with Crippen LogP contribution in [-0.4, -0.2) is 30.7 Å². The Hall–Kier alpha value is -1.35. The van der Waals surface area contributed by atoms with E-state index in [0.29, 0.717) is 13.2 Å². The molecule has 1 aliphatic rings. The Bertz CT molecular complexity index is 370. The zero-order valence-corrected chi connectivity index (χ0v) is 9.61. The predicted octanol–water partition coefficient (Wildman–Crippen LogP) is 1.74. The van der Waals surface area contributed by atoms with E-state index < -0.39 is 0 Å². The Labute approximate surface area is 96.0 Å². The first-order valence-corrected chi connectivity index (χ1v) is 5.67. The second-order valence-corrected chi connectivity index (χ2v) is 4.15. The van der Waals surface area contributed by atoms with Gasteiger partial charge in [-0.2, -0.15) is 0 Å². The molecule has 3 nitrogen and oxygen atoms in total. The number of rotatable bonds is 2. The van der Waals surface area contributed by atoms with Gasteiger partial charge in [-0.05, 0) is 24.5 Å². The number of carbonyl (C=O) groups excluding carboxylic acids is 1. The smallest absolute Gasteiger partial charge is 0.228 e. The van der Waals surface area contributed by atoms with Crippen LogP contribution in [0, 0.1) is 6.92 Å². The fourth-order valence-electron chi connectivity index (χ4n) is 1.88. The molecular weight excluding hydrogens is 202 g/mol. The fraction of sp³-hybridized carbons (Fsp3) is 0.462. The van der Waals surface area contributed by atoms with Gasteiger partial charge in [-0.25, -0.2) is 0 Å². The van der Waals surface area contributed by atoms with E-state index in [0.717, 1.165) is 25.1 Å². The number of nitrogens with zero attached hydrogens (tertiary/aromatic N) is 1. The maximum atomic E-state index is 12.0. The van der Waals surface area contributed by atoms with Crippen LogP contribution in [0.4, 0.5) is 0 Å². The van der Waals surface area contributed by atoms with Gasteiger partial charge in [0.2, 0.25) is 5.91 Å². The van der Waals surface area contributed by atoms with Crippen molar-refractivity contribution >= 4 is 5.91 Å². The molecule has 1 aromatic carbocycles. The van der Waals surface area contributed by atoms with Gasteiger partial charge in [0.25, 0.3) is 0 Å². The Kier molecular flexibility index (Phi) is 3.57. The Morgan fingerprint density at radius 1 is 1.44 bits per heavy atom. The number of benzene rings is 1. The van der Waals surface area contributed by atoms with Crippen molar-refractivity contribution in [2.75, 3.05) is 19.9 Å². The molecule has 0 aromatic heterocycles. The molecule has 0 N–H and O–H groups in total. The van der Waals surface area contributed by atoms with E-state index >= 15 is 0 Å². The number of amides is 1. The van der Waals surface area contributed by atoms with Crippen LogP contribution in [0.3, 0.4) is 0 Å². The summed E-state index contributed by atoms with van der Waals surface area (Å²) in [6.07, 6.45) is 1.43. The lowest BCUT2D eigenvalue weighted by atomic mass is 10.1. The maximum Gasteiger partial charge on any atom is 0.228 e. The minimum atomic E-state index is 0.161. The summed E-state index contributed by atoms with van der Waals surface area (Å²) >= 11 is 0. The third-order valence-corrected chi connectivity index (χ3v) is 2.92. The molecule has 0 atom stereocenters. The molecule has 1 aromatic rings. The van der Waals surface area contributed by atoms with Crippen LogP contribution in [0.25, 0.3) is 0 Å². The molecule has 0 radical (unpaired) electrons. The van der Waals surface area contributed by atoms with Gasteiger partial charge < -0.3 is 9.64 Å². The Morgan fingerprint density at radius 2 is 2.25 bits per heavy atom. The Balaban J connectivity index is 1.99. The van der Waals surface area contributed by atoms with Crippen molar-refractivity contribution in [3.8, 4) is 0 Å². The second-order valence-electron chi connectivity index (χ2n) is 4.15. The highest BCUT2D eigenvalue weighted by Crippen LogP contribution is 2.10. The van der Waals surface area contributed by atoms with Gasteiger partial charge in [-0.15, -0.1) is 0 Å². The fourth-order valence-corrected chi connectivity index (χ4v) is 1.88. The van der Waals surface area contributed by atoms with Crippen LogP contribution in [0.2, 0.25) is 0 Å². The lowest BCUT2D eigenvalue weighted by Crippen LogP contribution is -2.39. The maximum absolute atomic E-state index is 12.0. The van der Waals surface area contributed by atoms with Crippen LogP contribution in [-0.2, 0) is 16.0 Å². The highest BCUT2D eigenvalue weighted by atomic mass is 16.5. The number of aryl methyl sites for hydroxylation is 1. The third-order valence-electron chi connectivity index (χ3n) is 2.92. The van der Waals surface area contributed by atoms with Crippen LogP contribution in [0.15, 0.2) is 24.3 Å². The van der Waals surface area contributed by atoms with E-state index in [-0.39, 0.29) is 5.91 Å². The number of hydrogen-bond acceptors (Lipinski definition) is 2. The molecule has 0 bridgehead atoms. The number of carbonyl (C=O) groups is 1. The molecular formula is C13H17NO2. The van der Waals surface area contributed by atoms with E-state index in [1.54, 1.807) is 4.90 Å². The molecule has 0 saturated carbocycles. The molecule has 16 heavy (non-hydrogen) atoms. The zero-order valence-electron chi connectivity index (χ0n) is 9.61. The summed E-state index contributed by atoms with van der Waals surface area (Å²) in [6, 6.07) is 8.02. The Morgan fingerprint density at radius 3 is 2.94 bits per heavy atom. The molecule has 0 spiro atoms. The molecule has 86 valence electrons. The van der Waals surface area contributed by atoms with Gasteiger partial charge in [0.15, 0.2) is 0 Å².